The van der Waals surface area contributed by atoms with Gasteiger partial charge in [0.1, 0.15) is 11.3 Å². The molecule has 0 saturated heterocycles. The Bertz CT molecular complexity index is 1280. The summed E-state index contributed by atoms with van der Waals surface area (Å²) in [6.45, 7) is 3.64. The predicted molar refractivity (Wildman–Crippen MR) is 125 cm³/mol. The van der Waals surface area contributed by atoms with Gasteiger partial charge in [-0.2, -0.15) is 0 Å². The Morgan fingerprint density at radius 3 is 2.48 bits per heavy atom. The van der Waals surface area contributed by atoms with E-state index in [1.54, 1.807) is 48.5 Å². The Hall–Kier alpha value is -2.73. The van der Waals surface area contributed by atoms with E-state index in [-0.39, 0.29) is 12.5 Å². The molecule has 0 fully saturated rings. The quantitative estimate of drug-likeness (QED) is 0.335. The van der Waals surface area contributed by atoms with Crippen LogP contribution in [0.25, 0.3) is 22.6 Å². The SMILES string of the molecule is Cc1cc(OCC(=O)Nc2ccc3oc(-c4ccc(Cl)cc4Cl)nc3c2)cc(C)c1Cl. The molecule has 0 unspecified atom stereocenters. The van der Waals surface area contributed by atoms with Crippen molar-refractivity contribution in [3.63, 3.8) is 0 Å². The van der Waals surface area contributed by atoms with E-state index in [1.165, 1.54) is 0 Å². The van der Waals surface area contributed by atoms with E-state index in [4.69, 9.17) is 44.0 Å². The van der Waals surface area contributed by atoms with Crippen molar-refractivity contribution < 1.29 is 13.9 Å². The monoisotopic (exact) mass is 474 g/mol. The molecule has 1 N–H and O–H groups in total. The largest absolute Gasteiger partial charge is 0.484 e. The summed E-state index contributed by atoms with van der Waals surface area (Å²) >= 11 is 18.4. The normalized spacial score (nSPS) is 11.0. The van der Waals surface area contributed by atoms with Crippen LogP contribution < -0.4 is 10.1 Å². The first-order valence-corrected chi connectivity index (χ1v) is 10.5. The van der Waals surface area contributed by atoms with Gasteiger partial charge in [-0.15, -0.1) is 0 Å². The van der Waals surface area contributed by atoms with Gasteiger partial charge < -0.3 is 14.5 Å². The van der Waals surface area contributed by atoms with Gasteiger partial charge in [0, 0.05) is 15.7 Å². The van der Waals surface area contributed by atoms with Gasteiger partial charge in [-0.1, -0.05) is 34.8 Å². The average Bonchev–Trinajstić information content (AvgIpc) is 3.13. The van der Waals surface area contributed by atoms with Crippen LogP contribution in [-0.4, -0.2) is 17.5 Å². The average molecular weight is 476 g/mol. The summed E-state index contributed by atoms with van der Waals surface area (Å²) in [6.07, 6.45) is 0. The van der Waals surface area contributed by atoms with E-state index >= 15 is 0 Å². The summed E-state index contributed by atoms with van der Waals surface area (Å²) in [7, 11) is 0. The number of anilines is 1. The Kier molecular flexibility index (Phi) is 6.10. The summed E-state index contributed by atoms with van der Waals surface area (Å²) < 4.78 is 11.4. The van der Waals surface area contributed by atoms with Crippen molar-refractivity contribution in [3.8, 4) is 17.2 Å². The molecule has 158 valence electrons. The van der Waals surface area contributed by atoms with Gasteiger partial charge in [-0.3, -0.25) is 4.79 Å². The topological polar surface area (TPSA) is 64.4 Å². The van der Waals surface area contributed by atoms with E-state index in [0.717, 1.165) is 11.1 Å². The highest BCUT2D eigenvalue weighted by molar-refractivity contribution is 6.36. The van der Waals surface area contributed by atoms with E-state index < -0.39 is 0 Å². The Morgan fingerprint density at radius 1 is 1.03 bits per heavy atom. The molecule has 0 saturated carbocycles. The smallest absolute Gasteiger partial charge is 0.262 e. The van der Waals surface area contributed by atoms with Crippen molar-refractivity contribution >= 4 is 57.5 Å². The fourth-order valence-electron chi connectivity index (χ4n) is 3.12. The lowest BCUT2D eigenvalue weighted by Gasteiger charge is -2.10. The molecule has 0 bridgehead atoms. The minimum absolute atomic E-state index is 0.136. The molecular weight excluding hydrogens is 459 g/mol. The van der Waals surface area contributed by atoms with Crippen molar-refractivity contribution in [3.05, 3.63) is 74.7 Å². The van der Waals surface area contributed by atoms with Crippen LogP contribution in [-0.2, 0) is 4.79 Å². The number of nitrogens with one attached hydrogen (secondary N) is 1. The maximum absolute atomic E-state index is 12.3. The van der Waals surface area contributed by atoms with Crippen LogP contribution >= 0.6 is 34.8 Å². The first kappa shape index (κ1) is 21.5. The molecule has 31 heavy (non-hydrogen) atoms. The number of hydrogen-bond donors (Lipinski definition) is 1. The van der Waals surface area contributed by atoms with Crippen LogP contribution in [0.15, 0.2) is 52.9 Å². The fraction of sp³-hybridized carbons (Fsp3) is 0.130. The zero-order valence-electron chi connectivity index (χ0n) is 16.6. The summed E-state index contributed by atoms with van der Waals surface area (Å²) in [6, 6.07) is 13.9. The summed E-state index contributed by atoms with van der Waals surface area (Å²) in [5.74, 6) is 0.664. The molecule has 1 heterocycles. The number of halogens is 3. The number of amides is 1. The van der Waals surface area contributed by atoms with Gasteiger partial charge in [-0.25, -0.2) is 4.98 Å². The molecule has 0 aliphatic rings. The van der Waals surface area contributed by atoms with Crippen LogP contribution in [0, 0.1) is 13.8 Å². The lowest BCUT2D eigenvalue weighted by molar-refractivity contribution is -0.118. The van der Waals surface area contributed by atoms with E-state index in [1.807, 2.05) is 13.8 Å². The van der Waals surface area contributed by atoms with Crippen LogP contribution in [0.4, 0.5) is 5.69 Å². The molecule has 0 spiro atoms. The summed E-state index contributed by atoms with van der Waals surface area (Å²) in [5, 5.41) is 4.46. The first-order valence-electron chi connectivity index (χ1n) is 9.35. The van der Waals surface area contributed by atoms with Crippen LogP contribution in [0.3, 0.4) is 0 Å². The number of carbonyl (C=O) groups is 1. The molecule has 1 aromatic heterocycles. The lowest BCUT2D eigenvalue weighted by Crippen LogP contribution is -2.20. The van der Waals surface area contributed by atoms with Crippen molar-refractivity contribution in [2.24, 2.45) is 0 Å². The highest BCUT2D eigenvalue weighted by Crippen LogP contribution is 2.32. The number of oxazole rings is 1. The molecule has 1 amide bonds. The van der Waals surface area contributed by atoms with Crippen molar-refractivity contribution in [1.82, 2.24) is 4.98 Å². The molecule has 5 nitrogen and oxygen atoms in total. The first-order chi connectivity index (χ1) is 14.8. The number of aromatic nitrogens is 1. The third kappa shape index (κ3) is 4.79. The molecule has 3 aromatic carbocycles. The number of rotatable bonds is 5. The van der Waals surface area contributed by atoms with Crippen LogP contribution in [0.5, 0.6) is 5.75 Å². The second-order valence-corrected chi connectivity index (χ2v) is 8.26. The van der Waals surface area contributed by atoms with Crippen molar-refractivity contribution in [1.29, 1.82) is 0 Å². The number of carbonyl (C=O) groups excluding carboxylic acids is 1. The third-order valence-corrected chi connectivity index (χ3v) is 5.76. The minimum atomic E-state index is -0.297. The van der Waals surface area contributed by atoms with Gasteiger partial charge in [0.2, 0.25) is 5.89 Å². The Balaban J connectivity index is 1.46. The predicted octanol–water partition coefficient (Wildman–Crippen LogP) is 7.09. The molecule has 4 aromatic rings. The van der Waals surface area contributed by atoms with Crippen molar-refractivity contribution in [2.75, 3.05) is 11.9 Å². The second kappa shape index (κ2) is 8.79. The van der Waals surface area contributed by atoms with Gasteiger partial charge >= 0.3 is 0 Å². The van der Waals surface area contributed by atoms with E-state index in [9.17, 15) is 4.79 Å². The van der Waals surface area contributed by atoms with E-state index in [2.05, 4.69) is 10.3 Å². The third-order valence-electron chi connectivity index (χ3n) is 4.61. The second-order valence-electron chi connectivity index (χ2n) is 7.03. The number of fused-ring (bicyclic) bond motifs is 1. The standard InChI is InChI=1S/C23H17Cl3N2O3/c1-12-7-16(8-13(2)22(12)26)30-11-21(29)27-15-4-6-20-19(10-15)28-23(31-20)17-5-3-14(24)9-18(17)25/h3-10H,11H2,1-2H3,(H,27,29). The van der Waals surface area contributed by atoms with E-state index in [0.29, 0.717) is 49.1 Å². The van der Waals surface area contributed by atoms with Crippen molar-refractivity contribution in [2.45, 2.75) is 13.8 Å². The zero-order valence-corrected chi connectivity index (χ0v) is 18.9. The molecule has 4 rings (SSSR count). The molecule has 8 heteroatoms. The number of aryl methyl sites for hydroxylation is 2. The summed E-state index contributed by atoms with van der Waals surface area (Å²) in [5.41, 5.74) is 4.16. The van der Waals surface area contributed by atoms with Gasteiger partial charge in [0.15, 0.2) is 12.2 Å². The molecule has 0 aliphatic carbocycles. The number of nitrogens with zero attached hydrogens (tertiary/aromatic N) is 1. The maximum Gasteiger partial charge on any atom is 0.262 e. The minimum Gasteiger partial charge on any atom is -0.484 e. The number of benzene rings is 3. The van der Waals surface area contributed by atoms with Crippen LogP contribution in [0.1, 0.15) is 11.1 Å². The highest BCUT2D eigenvalue weighted by Gasteiger charge is 2.13. The fourth-order valence-corrected chi connectivity index (χ4v) is 3.72. The Labute approximate surface area is 193 Å². The number of hydrogen-bond acceptors (Lipinski definition) is 4. The van der Waals surface area contributed by atoms with Gasteiger partial charge in [0.05, 0.1) is 10.6 Å². The molecule has 0 radical (unpaired) electrons. The Morgan fingerprint density at radius 2 is 1.77 bits per heavy atom. The van der Waals surface area contributed by atoms with Gasteiger partial charge in [-0.05, 0) is 73.5 Å². The highest BCUT2D eigenvalue weighted by atomic mass is 35.5. The molecule has 0 atom stereocenters. The maximum atomic E-state index is 12.3. The summed E-state index contributed by atoms with van der Waals surface area (Å²) in [4.78, 5) is 16.8. The van der Waals surface area contributed by atoms with Crippen LogP contribution in [0.2, 0.25) is 15.1 Å². The van der Waals surface area contributed by atoms with Gasteiger partial charge in [0.25, 0.3) is 5.91 Å². The lowest BCUT2D eigenvalue weighted by atomic mass is 10.1. The number of ether oxygens (including phenoxy) is 1. The molecule has 0 aliphatic heterocycles. The molecular formula is C23H17Cl3N2O3. The zero-order chi connectivity index (χ0) is 22.1.